The van der Waals surface area contributed by atoms with Crippen molar-refractivity contribution in [3.05, 3.63) is 241 Å². The fourth-order valence-corrected chi connectivity index (χ4v) is 9.72. The van der Waals surface area contributed by atoms with Crippen molar-refractivity contribution in [3.63, 3.8) is 0 Å². The van der Waals surface area contributed by atoms with Crippen molar-refractivity contribution in [2.45, 2.75) is 5.41 Å². The Morgan fingerprint density at radius 1 is 0.367 bits per heavy atom. The number of hydrogen-bond donors (Lipinski definition) is 0. The number of nitrogens with zero attached hydrogens (tertiary/aromatic N) is 2. The van der Waals surface area contributed by atoms with E-state index in [1.54, 1.807) is 0 Å². The van der Waals surface area contributed by atoms with Gasteiger partial charge in [-0.2, -0.15) is 0 Å². The molecule has 0 saturated heterocycles. The third-order valence-electron chi connectivity index (χ3n) is 12.4. The molecular formula is C57H36N2O. The molecular weight excluding hydrogens is 729 g/mol. The highest BCUT2D eigenvalue weighted by Gasteiger charge is 2.46. The van der Waals surface area contributed by atoms with E-state index in [-0.39, 0.29) is 0 Å². The molecule has 280 valence electrons. The fraction of sp³-hybridized carbons (Fsp3) is 0.0175. The zero-order valence-electron chi connectivity index (χ0n) is 32.6. The Kier molecular flexibility index (Phi) is 7.76. The summed E-state index contributed by atoms with van der Waals surface area (Å²) in [6, 6.07) is 78.0. The summed E-state index contributed by atoms with van der Waals surface area (Å²) in [7, 11) is 0. The van der Waals surface area contributed by atoms with Crippen LogP contribution in [0, 0.1) is 0 Å². The Morgan fingerprint density at radius 2 is 0.967 bits per heavy atom. The van der Waals surface area contributed by atoms with Gasteiger partial charge < -0.3 is 4.42 Å². The first-order chi connectivity index (χ1) is 29.7. The van der Waals surface area contributed by atoms with Gasteiger partial charge in [-0.1, -0.05) is 194 Å². The Hall–Kier alpha value is -7.88. The number of furan rings is 1. The molecule has 0 unspecified atom stereocenters. The van der Waals surface area contributed by atoms with E-state index in [2.05, 4.69) is 200 Å². The average Bonchev–Trinajstić information content (AvgIpc) is 3.86. The molecule has 0 atom stereocenters. The zero-order chi connectivity index (χ0) is 39.6. The van der Waals surface area contributed by atoms with Crippen LogP contribution in [0.2, 0.25) is 0 Å². The van der Waals surface area contributed by atoms with Gasteiger partial charge in [-0.05, 0) is 79.5 Å². The van der Waals surface area contributed by atoms with Crippen LogP contribution < -0.4 is 0 Å². The zero-order valence-corrected chi connectivity index (χ0v) is 32.6. The van der Waals surface area contributed by atoms with E-state index in [1.807, 2.05) is 18.2 Å². The van der Waals surface area contributed by atoms with Crippen LogP contribution in [0.4, 0.5) is 0 Å². The van der Waals surface area contributed by atoms with Gasteiger partial charge in [0, 0.05) is 27.5 Å². The summed E-state index contributed by atoms with van der Waals surface area (Å²) >= 11 is 0. The highest BCUT2D eigenvalue weighted by atomic mass is 16.3. The van der Waals surface area contributed by atoms with E-state index in [4.69, 9.17) is 14.4 Å². The Morgan fingerprint density at radius 3 is 1.75 bits per heavy atom. The van der Waals surface area contributed by atoms with E-state index < -0.39 is 5.41 Å². The minimum absolute atomic E-state index is 0.503. The second-order valence-electron chi connectivity index (χ2n) is 15.6. The smallest absolute Gasteiger partial charge is 0.160 e. The predicted molar refractivity (Wildman–Crippen MR) is 246 cm³/mol. The molecule has 3 heteroatoms. The lowest BCUT2D eigenvalue weighted by Gasteiger charge is -2.33. The standard InChI is InChI=1S/C57H36N2O/c1-4-16-40(17-5-1)56-58-50(39-29-27-37(28-30-39)41-32-33-52-47(35-41)55-44-22-11-10-15-38(44)31-34-53(55)60-52)36-51(59-56)46-24-14-26-49-54(46)45-23-12-13-25-48(45)57(49,42-18-6-2-7-19-42)43-20-8-3-9-21-43/h1-36H. The monoisotopic (exact) mass is 764 g/mol. The predicted octanol–water partition coefficient (Wildman–Crippen LogP) is 14.6. The van der Waals surface area contributed by atoms with Crippen LogP contribution in [0.3, 0.4) is 0 Å². The van der Waals surface area contributed by atoms with E-state index in [1.165, 1.54) is 44.2 Å². The third-order valence-corrected chi connectivity index (χ3v) is 12.4. The van der Waals surface area contributed by atoms with Crippen LogP contribution in [-0.4, -0.2) is 9.97 Å². The van der Waals surface area contributed by atoms with Crippen molar-refractivity contribution in [1.29, 1.82) is 0 Å². The summed E-state index contributed by atoms with van der Waals surface area (Å²) in [4.78, 5) is 10.6. The summed E-state index contributed by atoms with van der Waals surface area (Å²) in [5.74, 6) is 0.693. The summed E-state index contributed by atoms with van der Waals surface area (Å²) < 4.78 is 6.31. The lowest BCUT2D eigenvalue weighted by molar-refractivity contribution is 0.669. The van der Waals surface area contributed by atoms with Gasteiger partial charge in [0.1, 0.15) is 11.2 Å². The first-order valence-electron chi connectivity index (χ1n) is 20.5. The van der Waals surface area contributed by atoms with Crippen molar-refractivity contribution in [2.75, 3.05) is 0 Å². The molecule has 1 aliphatic rings. The SMILES string of the molecule is c1ccc(-c2nc(-c3ccc(-c4ccc5oc6ccc7ccccc7c6c5c4)cc3)cc(-c3cccc4c3-c3ccccc3C4(c3ccccc3)c3ccccc3)n2)cc1. The number of fused-ring (bicyclic) bond motifs is 8. The number of hydrogen-bond acceptors (Lipinski definition) is 3. The second kappa shape index (κ2) is 13.6. The summed E-state index contributed by atoms with van der Waals surface area (Å²) in [6.45, 7) is 0. The summed E-state index contributed by atoms with van der Waals surface area (Å²) in [5.41, 5.74) is 15.8. The molecule has 11 aromatic rings. The molecule has 12 rings (SSSR count). The molecule has 2 aromatic heterocycles. The van der Waals surface area contributed by atoms with E-state index in [0.29, 0.717) is 5.82 Å². The first kappa shape index (κ1) is 34.2. The number of rotatable bonds is 6. The lowest BCUT2D eigenvalue weighted by Crippen LogP contribution is -2.28. The van der Waals surface area contributed by atoms with Gasteiger partial charge >= 0.3 is 0 Å². The van der Waals surface area contributed by atoms with E-state index in [0.717, 1.165) is 61.1 Å². The quantitative estimate of drug-likeness (QED) is 0.169. The topological polar surface area (TPSA) is 38.9 Å². The minimum Gasteiger partial charge on any atom is -0.456 e. The molecule has 0 bridgehead atoms. The number of aromatic nitrogens is 2. The van der Waals surface area contributed by atoms with Crippen LogP contribution in [0.15, 0.2) is 223 Å². The van der Waals surface area contributed by atoms with Crippen LogP contribution in [0.5, 0.6) is 0 Å². The van der Waals surface area contributed by atoms with Crippen LogP contribution in [-0.2, 0) is 5.41 Å². The molecule has 3 nitrogen and oxygen atoms in total. The first-order valence-corrected chi connectivity index (χ1v) is 20.5. The van der Waals surface area contributed by atoms with Crippen LogP contribution >= 0.6 is 0 Å². The summed E-state index contributed by atoms with van der Waals surface area (Å²) in [6.07, 6.45) is 0. The van der Waals surface area contributed by atoms with Gasteiger partial charge in [-0.15, -0.1) is 0 Å². The van der Waals surface area contributed by atoms with Gasteiger partial charge in [-0.3, -0.25) is 0 Å². The molecule has 0 N–H and O–H groups in total. The van der Waals surface area contributed by atoms with Crippen LogP contribution in [0.1, 0.15) is 22.3 Å². The highest BCUT2D eigenvalue weighted by molar-refractivity contribution is 6.19. The van der Waals surface area contributed by atoms with Crippen molar-refractivity contribution < 1.29 is 4.42 Å². The van der Waals surface area contributed by atoms with Gasteiger partial charge in [-0.25, -0.2) is 9.97 Å². The Balaban J connectivity index is 1.02. The van der Waals surface area contributed by atoms with Crippen molar-refractivity contribution in [2.24, 2.45) is 0 Å². The van der Waals surface area contributed by atoms with Crippen LogP contribution in [0.25, 0.3) is 88.9 Å². The molecule has 60 heavy (non-hydrogen) atoms. The molecule has 0 fully saturated rings. The largest absolute Gasteiger partial charge is 0.456 e. The van der Waals surface area contributed by atoms with Crippen molar-refractivity contribution >= 4 is 32.7 Å². The highest BCUT2D eigenvalue weighted by Crippen LogP contribution is 2.58. The van der Waals surface area contributed by atoms with E-state index >= 15 is 0 Å². The average molecular weight is 765 g/mol. The molecule has 0 amide bonds. The molecule has 1 aliphatic carbocycles. The molecule has 2 heterocycles. The minimum atomic E-state index is -0.503. The molecule has 0 radical (unpaired) electrons. The van der Waals surface area contributed by atoms with E-state index in [9.17, 15) is 0 Å². The maximum Gasteiger partial charge on any atom is 0.160 e. The lowest BCUT2D eigenvalue weighted by atomic mass is 9.67. The second-order valence-corrected chi connectivity index (χ2v) is 15.6. The number of benzene rings is 9. The maximum absolute atomic E-state index is 6.31. The third kappa shape index (κ3) is 5.23. The molecule has 0 spiro atoms. The van der Waals surface area contributed by atoms with Crippen molar-refractivity contribution in [3.8, 4) is 56.2 Å². The molecule has 0 saturated carbocycles. The maximum atomic E-state index is 6.31. The molecule has 0 aliphatic heterocycles. The fourth-order valence-electron chi connectivity index (χ4n) is 9.72. The van der Waals surface area contributed by atoms with Gasteiger partial charge in [0.25, 0.3) is 0 Å². The Bertz CT molecular complexity index is 3370. The Labute approximate surface area is 347 Å². The van der Waals surface area contributed by atoms with Gasteiger partial charge in [0.05, 0.1) is 16.8 Å². The van der Waals surface area contributed by atoms with Gasteiger partial charge in [0.15, 0.2) is 5.82 Å². The van der Waals surface area contributed by atoms with Gasteiger partial charge in [0.2, 0.25) is 0 Å². The van der Waals surface area contributed by atoms with Crippen molar-refractivity contribution in [1.82, 2.24) is 9.97 Å². The normalized spacial score (nSPS) is 12.8. The molecule has 9 aromatic carbocycles. The summed E-state index contributed by atoms with van der Waals surface area (Å²) in [5, 5.41) is 4.69.